The van der Waals surface area contributed by atoms with Crippen LogP contribution in [0.15, 0.2) is 47.2 Å². The van der Waals surface area contributed by atoms with Crippen LogP contribution in [0.25, 0.3) is 11.3 Å². The molecular formula is C16H17N3S2. The van der Waals surface area contributed by atoms with E-state index in [9.17, 15) is 0 Å². The zero-order valence-electron chi connectivity index (χ0n) is 11.7. The highest BCUT2D eigenvalue weighted by Crippen LogP contribution is 2.29. The molecule has 1 unspecified atom stereocenters. The van der Waals surface area contributed by atoms with E-state index in [0.29, 0.717) is 0 Å². The van der Waals surface area contributed by atoms with Crippen molar-refractivity contribution in [1.82, 2.24) is 10.4 Å². The van der Waals surface area contributed by atoms with Gasteiger partial charge in [0.2, 0.25) is 0 Å². The third-order valence-electron chi connectivity index (χ3n) is 3.42. The van der Waals surface area contributed by atoms with Gasteiger partial charge in [-0.25, -0.2) is 4.98 Å². The molecule has 0 saturated heterocycles. The highest BCUT2D eigenvalue weighted by molar-refractivity contribution is 7.10. The first-order valence-electron chi connectivity index (χ1n) is 6.78. The van der Waals surface area contributed by atoms with E-state index in [1.165, 1.54) is 10.4 Å². The van der Waals surface area contributed by atoms with Crippen LogP contribution in [-0.4, -0.2) is 4.98 Å². The van der Waals surface area contributed by atoms with Crippen LogP contribution in [0.5, 0.6) is 0 Å². The zero-order valence-corrected chi connectivity index (χ0v) is 13.4. The summed E-state index contributed by atoms with van der Waals surface area (Å²) < 4.78 is 0. The van der Waals surface area contributed by atoms with Gasteiger partial charge in [0.15, 0.2) is 0 Å². The third-order valence-corrected chi connectivity index (χ3v) is 5.42. The Morgan fingerprint density at radius 1 is 1.19 bits per heavy atom. The zero-order chi connectivity index (χ0) is 14.7. The molecule has 2 aromatic heterocycles. The minimum atomic E-state index is 0.125. The van der Waals surface area contributed by atoms with Crippen LogP contribution >= 0.6 is 22.7 Å². The molecule has 3 nitrogen and oxygen atoms in total. The largest absolute Gasteiger partial charge is 0.271 e. The van der Waals surface area contributed by atoms with Crippen molar-refractivity contribution in [2.24, 2.45) is 5.84 Å². The van der Waals surface area contributed by atoms with Gasteiger partial charge in [-0.15, -0.1) is 22.7 Å². The lowest BCUT2D eigenvalue weighted by Crippen LogP contribution is -2.29. The maximum absolute atomic E-state index is 5.73. The smallest absolute Gasteiger partial charge is 0.0952 e. The van der Waals surface area contributed by atoms with Crippen molar-refractivity contribution >= 4 is 22.7 Å². The molecule has 0 aliphatic heterocycles. The third kappa shape index (κ3) is 3.22. The summed E-state index contributed by atoms with van der Waals surface area (Å²) in [5, 5.41) is 5.32. The summed E-state index contributed by atoms with van der Waals surface area (Å²) in [5.74, 6) is 5.73. The fourth-order valence-corrected chi connectivity index (χ4v) is 4.13. The van der Waals surface area contributed by atoms with Crippen LogP contribution in [0.3, 0.4) is 0 Å². The number of hydrogen-bond donors (Lipinski definition) is 2. The quantitative estimate of drug-likeness (QED) is 0.554. The van der Waals surface area contributed by atoms with Crippen LogP contribution in [0.1, 0.15) is 21.5 Å². The Morgan fingerprint density at radius 3 is 2.67 bits per heavy atom. The lowest BCUT2D eigenvalue weighted by molar-refractivity contribution is 0.557. The van der Waals surface area contributed by atoms with Gasteiger partial charge in [0.25, 0.3) is 0 Å². The molecule has 0 amide bonds. The summed E-state index contributed by atoms with van der Waals surface area (Å²) in [5.41, 5.74) is 6.39. The topological polar surface area (TPSA) is 50.9 Å². The van der Waals surface area contributed by atoms with Crippen LogP contribution in [0.4, 0.5) is 0 Å². The van der Waals surface area contributed by atoms with Crippen molar-refractivity contribution in [3.8, 4) is 11.3 Å². The maximum atomic E-state index is 5.73. The molecule has 108 valence electrons. The number of aryl methyl sites for hydroxylation is 1. The monoisotopic (exact) mass is 315 g/mol. The molecule has 2 heterocycles. The fourth-order valence-electron chi connectivity index (χ4n) is 2.29. The molecule has 0 fully saturated rings. The lowest BCUT2D eigenvalue weighted by Gasteiger charge is -2.13. The number of aromatic nitrogens is 1. The Hall–Kier alpha value is -1.53. The summed E-state index contributed by atoms with van der Waals surface area (Å²) in [4.78, 5) is 6.02. The summed E-state index contributed by atoms with van der Waals surface area (Å²) in [6.45, 7) is 2.12. The summed E-state index contributed by atoms with van der Waals surface area (Å²) in [7, 11) is 0. The Labute approximate surface area is 132 Å². The standard InChI is InChI=1S/C16H17N3S2/c1-11-7-8-20-16(11)13(19-17)9-15-18-14(10-21-15)12-5-3-2-4-6-12/h2-8,10,13,19H,9,17H2,1H3. The average molecular weight is 315 g/mol. The molecule has 0 radical (unpaired) electrons. The second kappa shape index (κ2) is 6.49. The summed E-state index contributed by atoms with van der Waals surface area (Å²) in [6, 6.07) is 12.5. The molecular weight excluding hydrogens is 298 g/mol. The lowest BCUT2D eigenvalue weighted by atomic mass is 10.1. The highest BCUT2D eigenvalue weighted by Gasteiger charge is 2.16. The van der Waals surface area contributed by atoms with Crippen LogP contribution in [0.2, 0.25) is 0 Å². The van der Waals surface area contributed by atoms with Gasteiger partial charge in [0.05, 0.1) is 16.7 Å². The van der Waals surface area contributed by atoms with E-state index in [2.05, 4.69) is 41.3 Å². The van der Waals surface area contributed by atoms with E-state index in [4.69, 9.17) is 10.8 Å². The molecule has 0 aliphatic carbocycles. The van der Waals surface area contributed by atoms with Gasteiger partial charge in [-0.1, -0.05) is 30.3 Å². The van der Waals surface area contributed by atoms with E-state index >= 15 is 0 Å². The van der Waals surface area contributed by atoms with Gasteiger partial charge < -0.3 is 0 Å². The number of nitrogens with zero attached hydrogens (tertiary/aromatic N) is 1. The minimum Gasteiger partial charge on any atom is -0.271 e. The van der Waals surface area contributed by atoms with Crippen LogP contribution < -0.4 is 11.3 Å². The molecule has 3 rings (SSSR count). The second-order valence-electron chi connectivity index (χ2n) is 4.88. The number of thiazole rings is 1. The number of hydrazine groups is 1. The normalized spacial score (nSPS) is 12.5. The van der Waals surface area contributed by atoms with E-state index in [1.54, 1.807) is 22.7 Å². The van der Waals surface area contributed by atoms with Crippen LogP contribution in [-0.2, 0) is 6.42 Å². The van der Waals surface area contributed by atoms with Crippen LogP contribution in [0, 0.1) is 6.92 Å². The van der Waals surface area contributed by atoms with Gasteiger partial charge in [-0.3, -0.25) is 11.3 Å². The molecule has 3 N–H and O–H groups in total. The Morgan fingerprint density at radius 2 is 2.00 bits per heavy atom. The van der Waals surface area contributed by atoms with Gasteiger partial charge in [-0.05, 0) is 23.9 Å². The first-order chi connectivity index (χ1) is 10.3. The molecule has 3 aromatic rings. The predicted molar refractivity (Wildman–Crippen MR) is 90.4 cm³/mol. The second-order valence-corrected chi connectivity index (χ2v) is 6.77. The van der Waals surface area contributed by atoms with E-state index in [-0.39, 0.29) is 6.04 Å². The number of nitrogens with one attached hydrogen (secondary N) is 1. The van der Waals surface area contributed by atoms with Gasteiger partial charge in [0, 0.05) is 22.2 Å². The van der Waals surface area contributed by atoms with E-state index in [1.807, 2.05) is 18.2 Å². The molecule has 5 heteroatoms. The Kier molecular flexibility index (Phi) is 4.45. The first-order valence-corrected chi connectivity index (χ1v) is 8.54. The van der Waals surface area contributed by atoms with Crippen molar-refractivity contribution in [3.05, 3.63) is 62.6 Å². The molecule has 1 atom stereocenters. The van der Waals surface area contributed by atoms with E-state index < -0.39 is 0 Å². The van der Waals surface area contributed by atoms with Crippen molar-refractivity contribution in [1.29, 1.82) is 0 Å². The predicted octanol–water partition coefficient (Wildman–Crippen LogP) is 3.93. The van der Waals surface area contributed by atoms with Gasteiger partial charge >= 0.3 is 0 Å². The highest BCUT2D eigenvalue weighted by atomic mass is 32.1. The van der Waals surface area contributed by atoms with Gasteiger partial charge in [0.1, 0.15) is 0 Å². The SMILES string of the molecule is Cc1ccsc1C(Cc1nc(-c2ccccc2)cs1)NN. The Bertz CT molecular complexity index is 703. The number of thiophene rings is 1. The number of nitrogens with two attached hydrogens (primary N) is 1. The molecule has 21 heavy (non-hydrogen) atoms. The van der Waals surface area contributed by atoms with Crippen molar-refractivity contribution < 1.29 is 0 Å². The first kappa shape index (κ1) is 14.4. The average Bonchev–Trinajstić information content (AvgIpc) is 3.15. The maximum Gasteiger partial charge on any atom is 0.0952 e. The number of benzene rings is 1. The van der Waals surface area contributed by atoms with Crippen molar-refractivity contribution in [3.63, 3.8) is 0 Å². The molecule has 0 aliphatic rings. The van der Waals surface area contributed by atoms with E-state index in [0.717, 1.165) is 22.7 Å². The van der Waals surface area contributed by atoms with Crippen molar-refractivity contribution in [2.45, 2.75) is 19.4 Å². The molecule has 0 spiro atoms. The molecule has 0 bridgehead atoms. The number of rotatable bonds is 5. The fraction of sp³-hybridized carbons (Fsp3) is 0.188. The molecule has 1 aromatic carbocycles. The minimum absolute atomic E-state index is 0.125. The van der Waals surface area contributed by atoms with Crippen molar-refractivity contribution in [2.75, 3.05) is 0 Å². The number of hydrogen-bond acceptors (Lipinski definition) is 5. The summed E-state index contributed by atoms with van der Waals surface area (Å²) >= 11 is 3.43. The Balaban J connectivity index is 1.79. The van der Waals surface area contributed by atoms with Gasteiger partial charge in [-0.2, -0.15) is 0 Å². The summed E-state index contributed by atoms with van der Waals surface area (Å²) in [6.07, 6.45) is 0.815. The molecule has 0 saturated carbocycles.